The monoisotopic (exact) mass is 442 g/mol. The number of hydrogen-bond donors (Lipinski definition) is 1. The van der Waals surface area contributed by atoms with Crippen LogP contribution in [0.4, 0.5) is 9.93 Å². The van der Waals surface area contributed by atoms with Crippen LogP contribution in [0.1, 0.15) is 38.5 Å². The van der Waals surface area contributed by atoms with Crippen LogP contribution in [0.15, 0.2) is 18.3 Å². The molecule has 10 heteroatoms. The molecule has 5 rings (SSSR count). The Morgan fingerprint density at radius 3 is 2.65 bits per heavy atom. The number of rotatable bonds is 4. The zero-order valence-corrected chi connectivity index (χ0v) is 18.2. The third-order valence-electron chi connectivity index (χ3n) is 6.56. The third kappa shape index (κ3) is 3.73. The van der Waals surface area contributed by atoms with Crippen molar-refractivity contribution < 1.29 is 14.4 Å². The van der Waals surface area contributed by atoms with E-state index in [4.69, 9.17) is 0 Å². The summed E-state index contributed by atoms with van der Waals surface area (Å²) >= 11 is 1.56. The van der Waals surface area contributed by atoms with Gasteiger partial charge in [-0.2, -0.15) is 0 Å². The Morgan fingerprint density at radius 2 is 1.90 bits per heavy atom. The number of anilines is 1. The minimum absolute atomic E-state index is 0.0178. The number of pyridine rings is 1. The molecule has 2 saturated heterocycles. The molecular weight excluding hydrogens is 416 g/mol. The van der Waals surface area contributed by atoms with E-state index in [1.54, 1.807) is 17.5 Å². The smallest absolute Gasteiger partial charge is 0.325 e. The number of nitrogens with zero attached hydrogens (tertiary/aromatic N) is 5. The van der Waals surface area contributed by atoms with Gasteiger partial charge in [-0.25, -0.2) is 14.8 Å². The molecular formula is C21H26N6O3S. The quantitative estimate of drug-likeness (QED) is 0.727. The normalized spacial score (nSPS) is 21.2. The molecule has 0 radical (unpaired) electrons. The van der Waals surface area contributed by atoms with E-state index < -0.39 is 5.54 Å². The summed E-state index contributed by atoms with van der Waals surface area (Å²) in [4.78, 5) is 53.1. The Kier molecular flexibility index (Phi) is 5.25. The van der Waals surface area contributed by atoms with Crippen LogP contribution in [-0.4, -0.2) is 75.9 Å². The van der Waals surface area contributed by atoms with Crippen molar-refractivity contribution in [3.05, 3.63) is 18.3 Å². The van der Waals surface area contributed by atoms with E-state index in [0.29, 0.717) is 39.0 Å². The van der Waals surface area contributed by atoms with Gasteiger partial charge in [0, 0.05) is 45.3 Å². The van der Waals surface area contributed by atoms with Crippen molar-refractivity contribution in [3.63, 3.8) is 0 Å². The van der Waals surface area contributed by atoms with Crippen LogP contribution >= 0.6 is 11.3 Å². The summed E-state index contributed by atoms with van der Waals surface area (Å²) in [6, 6.07) is 3.48. The first-order valence-corrected chi connectivity index (χ1v) is 11.8. The highest BCUT2D eigenvalue weighted by Crippen LogP contribution is 2.33. The lowest BCUT2D eigenvalue weighted by molar-refractivity contribution is -0.134. The van der Waals surface area contributed by atoms with Gasteiger partial charge in [0.05, 0.1) is 0 Å². The summed E-state index contributed by atoms with van der Waals surface area (Å²) in [5.41, 5.74) is 0.168. The number of urea groups is 1. The Bertz CT molecular complexity index is 976. The van der Waals surface area contributed by atoms with E-state index in [1.165, 1.54) is 4.90 Å². The number of carbonyl (C=O) groups is 3. The zero-order valence-electron chi connectivity index (χ0n) is 17.4. The van der Waals surface area contributed by atoms with Gasteiger partial charge in [0.1, 0.15) is 15.9 Å². The number of carbonyl (C=O) groups excluding carboxylic acids is 3. The molecule has 1 aliphatic carbocycles. The first-order chi connectivity index (χ1) is 15.1. The van der Waals surface area contributed by atoms with Gasteiger partial charge in [0.2, 0.25) is 5.91 Å². The molecule has 3 fully saturated rings. The first kappa shape index (κ1) is 20.2. The van der Waals surface area contributed by atoms with E-state index in [2.05, 4.69) is 20.2 Å². The van der Waals surface area contributed by atoms with Gasteiger partial charge in [0.15, 0.2) is 5.13 Å². The highest BCUT2D eigenvalue weighted by molar-refractivity contribution is 7.21. The fraction of sp³-hybridized carbons (Fsp3) is 0.571. The maximum atomic E-state index is 12.9. The number of thiazole rings is 1. The van der Waals surface area contributed by atoms with E-state index in [9.17, 15) is 14.4 Å². The summed E-state index contributed by atoms with van der Waals surface area (Å²) in [5.74, 6) is -0.171. The average molecular weight is 443 g/mol. The molecule has 1 saturated carbocycles. The maximum Gasteiger partial charge on any atom is 0.325 e. The van der Waals surface area contributed by atoms with Crippen LogP contribution in [0.2, 0.25) is 0 Å². The van der Waals surface area contributed by atoms with Crippen LogP contribution in [-0.2, 0) is 9.59 Å². The summed E-state index contributed by atoms with van der Waals surface area (Å²) in [6.45, 7) is 2.77. The van der Waals surface area contributed by atoms with Crippen molar-refractivity contribution in [1.29, 1.82) is 0 Å². The van der Waals surface area contributed by atoms with Crippen LogP contribution in [0.5, 0.6) is 0 Å². The molecule has 2 aromatic rings. The maximum absolute atomic E-state index is 12.9. The number of piperazine rings is 1. The van der Waals surface area contributed by atoms with Gasteiger partial charge in [-0.3, -0.25) is 14.5 Å². The number of nitrogens with one attached hydrogen (secondary N) is 1. The molecule has 1 spiro atoms. The van der Waals surface area contributed by atoms with Gasteiger partial charge in [-0.1, -0.05) is 30.6 Å². The van der Waals surface area contributed by atoms with Crippen molar-refractivity contribution in [2.75, 3.05) is 37.6 Å². The minimum Gasteiger partial charge on any atom is -0.344 e. The molecule has 0 atom stereocenters. The number of aromatic nitrogens is 2. The van der Waals surface area contributed by atoms with Crippen molar-refractivity contribution >= 4 is 44.7 Å². The Balaban J connectivity index is 1.14. The van der Waals surface area contributed by atoms with Gasteiger partial charge in [-0.15, -0.1) is 0 Å². The average Bonchev–Trinajstić information content (AvgIpc) is 3.32. The molecule has 9 nitrogen and oxygen atoms in total. The Labute approximate surface area is 184 Å². The van der Waals surface area contributed by atoms with Crippen molar-refractivity contribution in [3.8, 4) is 0 Å². The molecule has 0 bridgehead atoms. The lowest BCUT2D eigenvalue weighted by atomic mass is 9.82. The third-order valence-corrected chi connectivity index (χ3v) is 7.60. The summed E-state index contributed by atoms with van der Waals surface area (Å²) in [7, 11) is 0. The van der Waals surface area contributed by atoms with Crippen LogP contribution < -0.4 is 10.2 Å². The van der Waals surface area contributed by atoms with Crippen molar-refractivity contribution in [2.24, 2.45) is 0 Å². The second-order valence-electron chi connectivity index (χ2n) is 8.47. The summed E-state index contributed by atoms with van der Waals surface area (Å²) < 4.78 is 0. The number of imide groups is 1. The van der Waals surface area contributed by atoms with Crippen LogP contribution in [0, 0.1) is 0 Å². The fourth-order valence-electron chi connectivity index (χ4n) is 4.78. The fourth-order valence-corrected chi connectivity index (χ4v) is 5.74. The Morgan fingerprint density at radius 1 is 1.13 bits per heavy atom. The minimum atomic E-state index is -0.726. The molecule has 0 aromatic carbocycles. The first-order valence-electron chi connectivity index (χ1n) is 10.9. The molecule has 0 unspecified atom stereocenters. The van der Waals surface area contributed by atoms with E-state index >= 15 is 0 Å². The molecule has 1 N–H and O–H groups in total. The lowest BCUT2D eigenvalue weighted by Crippen LogP contribution is -2.50. The number of amides is 4. The predicted molar refractivity (Wildman–Crippen MR) is 117 cm³/mol. The van der Waals surface area contributed by atoms with Crippen LogP contribution in [0.3, 0.4) is 0 Å². The molecule has 3 aliphatic rings. The second-order valence-corrected chi connectivity index (χ2v) is 9.43. The molecule has 4 heterocycles. The van der Waals surface area contributed by atoms with Crippen molar-refractivity contribution in [1.82, 2.24) is 25.1 Å². The van der Waals surface area contributed by atoms with Crippen molar-refractivity contribution in [2.45, 2.75) is 44.1 Å². The van der Waals surface area contributed by atoms with Gasteiger partial charge in [-0.05, 0) is 25.0 Å². The summed E-state index contributed by atoms with van der Waals surface area (Å²) in [5, 5.41) is 3.83. The van der Waals surface area contributed by atoms with E-state index in [-0.39, 0.29) is 30.8 Å². The predicted octanol–water partition coefficient (Wildman–Crippen LogP) is 1.98. The highest BCUT2D eigenvalue weighted by Gasteiger charge is 2.51. The molecule has 2 aliphatic heterocycles. The second kappa shape index (κ2) is 8.07. The lowest BCUT2D eigenvalue weighted by Gasteiger charge is -2.34. The SMILES string of the molecule is O=C(CCN1C(=O)NC2(CCCCC2)C1=O)N1CCN(c2nc3cccnc3s2)CC1. The van der Waals surface area contributed by atoms with E-state index in [1.807, 2.05) is 17.0 Å². The molecule has 4 amide bonds. The Hall–Kier alpha value is -2.75. The van der Waals surface area contributed by atoms with Gasteiger partial charge in [0.25, 0.3) is 5.91 Å². The standard InChI is InChI=1S/C21H26N6O3S/c28-16(6-10-27-18(29)21(24-19(27)30)7-2-1-3-8-21)25-11-13-26(14-12-25)20-23-15-5-4-9-22-17(15)31-20/h4-5,9H,1-3,6-8,10-14H2,(H,24,30). The zero-order chi connectivity index (χ0) is 21.4. The molecule has 164 valence electrons. The summed E-state index contributed by atoms with van der Waals surface area (Å²) in [6.07, 6.45) is 6.34. The molecule has 2 aromatic heterocycles. The highest BCUT2D eigenvalue weighted by atomic mass is 32.1. The van der Waals surface area contributed by atoms with Gasteiger partial charge >= 0.3 is 6.03 Å². The van der Waals surface area contributed by atoms with E-state index in [0.717, 1.165) is 34.7 Å². The topological polar surface area (TPSA) is 98.7 Å². The molecule has 31 heavy (non-hydrogen) atoms. The van der Waals surface area contributed by atoms with Gasteiger partial charge < -0.3 is 15.1 Å². The number of hydrogen-bond acceptors (Lipinski definition) is 7. The largest absolute Gasteiger partial charge is 0.344 e. The van der Waals surface area contributed by atoms with Crippen LogP contribution in [0.25, 0.3) is 10.3 Å². The number of fused-ring (bicyclic) bond motifs is 1.